The molecular formula is C36H32F3N9O4. The summed E-state index contributed by atoms with van der Waals surface area (Å²) in [6.07, 6.45) is 10.8. The number of pyridine rings is 1. The van der Waals surface area contributed by atoms with Crippen LogP contribution in [0, 0.1) is 24.0 Å². The molecule has 13 nitrogen and oxygen atoms in total. The molecule has 4 saturated heterocycles. The van der Waals surface area contributed by atoms with E-state index in [1.165, 1.54) is 43.1 Å². The fourth-order valence-corrected chi connectivity index (χ4v) is 8.37. The molecule has 1 amide bonds. The Kier molecular flexibility index (Phi) is 7.49. The van der Waals surface area contributed by atoms with E-state index in [0.29, 0.717) is 43.9 Å². The number of nitrogens with zero attached hydrogens (tertiary/aromatic N) is 9. The van der Waals surface area contributed by atoms with E-state index in [1.807, 2.05) is 4.90 Å². The normalized spacial score (nSPS) is 22.5. The number of carbonyl (C=O) groups is 1. The highest BCUT2D eigenvalue weighted by molar-refractivity contribution is 6.03. The molecule has 16 heteroatoms. The number of ether oxygens (including phenoxy) is 2. The maximum atomic E-state index is 17.0. The minimum atomic E-state index is -0.971. The standard InChI is InChI=1S/C36H32F3N9O4/c1-2-24-27(38)5-4-21-10-23(49)11-25(28(21)24)30-29(39)31-26(13-41-30)32(44-33(43-31)51-18-35-6-3-7-47(35)14-22(37)12-35)45-8-9-52-36(15-45)16-46(17-36)34(50)48-20-40-19-42-48/h1,4-5,10-11,13,19-20,22,49H,3,6-9,12,14-18H2/t22-,35+/m1/s1. The van der Waals surface area contributed by atoms with Gasteiger partial charge in [-0.3, -0.25) is 9.88 Å². The van der Waals surface area contributed by atoms with E-state index in [4.69, 9.17) is 20.9 Å². The number of rotatable bonds is 5. The Hall–Kier alpha value is -5.53. The number of terminal acetylenes is 1. The predicted molar refractivity (Wildman–Crippen MR) is 182 cm³/mol. The first-order valence-electron chi connectivity index (χ1n) is 17.0. The zero-order valence-corrected chi connectivity index (χ0v) is 27.8. The lowest BCUT2D eigenvalue weighted by molar-refractivity contribution is -0.133. The quantitative estimate of drug-likeness (QED) is 0.266. The molecule has 2 atom stereocenters. The molecule has 0 saturated carbocycles. The molecule has 9 rings (SSSR count). The van der Waals surface area contributed by atoms with Crippen molar-refractivity contribution in [1.82, 2.24) is 39.5 Å². The van der Waals surface area contributed by atoms with Crippen molar-refractivity contribution in [1.29, 1.82) is 0 Å². The Morgan fingerprint density at radius 1 is 1.17 bits per heavy atom. The van der Waals surface area contributed by atoms with Crippen molar-refractivity contribution < 1.29 is 32.5 Å². The summed E-state index contributed by atoms with van der Waals surface area (Å²) in [6, 6.07) is 4.91. The number of carbonyl (C=O) groups excluding carboxylic acids is 1. The molecule has 4 aliphatic heterocycles. The molecule has 0 unspecified atom stereocenters. The van der Waals surface area contributed by atoms with Crippen LogP contribution in [0.25, 0.3) is 32.9 Å². The van der Waals surface area contributed by atoms with Gasteiger partial charge in [-0.2, -0.15) is 19.7 Å². The minimum Gasteiger partial charge on any atom is -0.508 e. The lowest BCUT2D eigenvalue weighted by Crippen LogP contribution is -2.71. The highest BCUT2D eigenvalue weighted by Gasteiger charge is 2.51. The molecule has 4 aliphatic rings. The number of aromatic nitrogens is 6. The number of halogens is 3. The summed E-state index contributed by atoms with van der Waals surface area (Å²) in [4.78, 5) is 36.1. The van der Waals surface area contributed by atoms with Crippen molar-refractivity contribution in [3.05, 3.63) is 60.3 Å². The van der Waals surface area contributed by atoms with Gasteiger partial charge in [-0.05, 0) is 43.0 Å². The smallest absolute Gasteiger partial charge is 0.346 e. The molecule has 5 aromatic rings. The Bertz CT molecular complexity index is 2300. The van der Waals surface area contributed by atoms with Crippen LogP contribution >= 0.6 is 0 Å². The number of benzene rings is 2. The van der Waals surface area contributed by atoms with Crippen LogP contribution in [0.3, 0.4) is 0 Å². The van der Waals surface area contributed by atoms with Crippen LogP contribution in [-0.2, 0) is 4.74 Å². The number of fused-ring (bicyclic) bond motifs is 3. The van der Waals surface area contributed by atoms with Crippen LogP contribution < -0.4 is 9.64 Å². The molecule has 1 N–H and O–H groups in total. The number of hydrogen-bond acceptors (Lipinski definition) is 11. The van der Waals surface area contributed by atoms with Crippen molar-refractivity contribution in [3.8, 4) is 35.4 Å². The van der Waals surface area contributed by atoms with Gasteiger partial charge in [0.15, 0.2) is 5.82 Å². The third-order valence-electron chi connectivity index (χ3n) is 10.7. The van der Waals surface area contributed by atoms with Crippen molar-refractivity contribution in [2.75, 3.05) is 57.4 Å². The van der Waals surface area contributed by atoms with Crippen molar-refractivity contribution in [2.45, 2.75) is 36.6 Å². The number of alkyl halides is 1. The third kappa shape index (κ3) is 5.17. The monoisotopic (exact) mass is 711 g/mol. The average Bonchev–Trinajstić information content (AvgIpc) is 3.86. The van der Waals surface area contributed by atoms with Gasteiger partial charge in [-0.1, -0.05) is 12.0 Å². The second-order valence-corrected chi connectivity index (χ2v) is 14.0. The average molecular weight is 712 g/mol. The molecule has 3 aromatic heterocycles. The van der Waals surface area contributed by atoms with E-state index in [2.05, 4.69) is 30.9 Å². The first kappa shape index (κ1) is 32.4. The molecular weight excluding hydrogens is 679 g/mol. The second-order valence-electron chi connectivity index (χ2n) is 14.0. The van der Waals surface area contributed by atoms with Crippen LogP contribution in [0.4, 0.5) is 23.8 Å². The lowest BCUT2D eigenvalue weighted by Gasteiger charge is -2.53. The largest absolute Gasteiger partial charge is 0.508 e. The number of amides is 1. The van der Waals surface area contributed by atoms with Crippen molar-refractivity contribution in [2.24, 2.45) is 0 Å². The first-order chi connectivity index (χ1) is 25.2. The van der Waals surface area contributed by atoms with E-state index in [0.717, 1.165) is 24.1 Å². The van der Waals surface area contributed by atoms with Gasteiger partial charge < -0.3 is 24.4 Å². The number of morpholine rings is 1. The summed E-state index contributed by atoms with van der Waals surface area (Å²) in [5.74, 6) is 0.972. The van der Waals surface area contributed by atoms with Gasteiger partial charge in [-0.15, -0.1) is 6.42 Å². The molecule has 7 heterocycles. The second kappa shape index (κ2) is 12.0. The molecule has 52 heavy (non-hydrogen) atoms. The summed E-state index contributed by atoms with van der Waals surface area (Å²) in [5, 5.41) is 15.4. The molecule has 1 spiro atoms. The number of likely N-dealkylation sites (tertiary alicyclic amines) is 1. The molecule has 2 aromatic carbocycles. The minimum absolute atomic E-state index is 0.0850. The van der Waals surface area contributed by atoms with Gasteiger partial charge >= 0.3 is 12.0 Å². The molecule has 4 fully saturated rings. The maximum absolute atomic E-state index is 17.0. The van der Waals surface area contributed by atoms with Crippen molar-refractivity contribution >= 4 is 33.5 Å². The Labute approximate surface area is 295 Å². The van der Waals surface area contributed by atoms with Crippen LogP contribution in [0.5, 0.6) is 11.8 Å². The van der Waals surface area contributed by atoms with Crippen LogP contribution in [0.15, 0.2) is 43.1 Å². The van der Waals surface area contributed by atoms with Crippen LogP contribution in [0.2, 0.25) is 0 Å². The summed E-state index contributed by atoms with van der Waals surface area (Å²) in [7, 11) is 0. The van der Waals surface area contributed by atoms with E-state index in [1.54, 1.807) is 4.90 Å². The van der Waals surface area contributed by atoms with Crippen molar-refractivity contribution in [3.63, 3.8) is 0 Å². The van der Waals surface area contributed by atoms with E-state index in [-0.39, 0.29) is 70.6 Å². The van der Waals surface area contributed by atoms with Crippen LogP contribution in [0.1, 0.15) is 24.8 Å². The maximum Gasteiger partial charge on any atom is 0.346 e. The molecule has 0 radical (unpaired) electrons. The number of aromatic hydroxyl groups is 1. The first-order valence-corrected chi connectivity index (χ1v) is 17.0. The fourth-order valence-electron chi connectivity index (χ4n) is 8.37. The Balaban J connectivity index is 1.12. The summed E-state index contributed by atoms with van der Waals surface area (Å²) >= 11 is 0. The van der Waals surface area contributed by atoms with Gasteiger partial charge in [-0.25, -0.2) is 22.9 Å². The topological polar surface area (TPSA) is 135 Å². The summed E-state index contributed by atoms with van der Waals surface area (Å²) in [6.45, 7) is 2.78. The summed E-state index contributed by atoms with van der Waals surface area (Å²) < 4.78 is 60.1. The third-order valence-corrected chi connectivity index (χ3v) is 10.7. The molecule has 266 valence electrons. The summed E-state index contributed by atoms with van der Waals surface area (Å²) in [5.41, 5.74) is -1.57. The number of phenolic OH excluding ortho intramolecular Hbond substituents is 1. The van der Waals surface area contributed by atoms with E-state index < -0.39 is 28.9 Å². The molecule has 0 aliphatic carbocycles. The number of hydrogen-bond donors (Lipinski definition) is 1. The Morgan fingerprint density at radius 2 is 2.04 bits per heavy atom. The van der Waals surface area contributed by atoms with Gasteiger partial charge in [0.05, 0.1) is 42.7 Å². The van der Waals surface area contributed by atoms with Gasteiger partial charge in [0.2, 0.25) is 0 Å². The fraction of sp³-hybridized carbons (Fsp3) is 0.389. The van der Waals surface area contributed by atoms with Crippen LogP contribution in [-0.4, -0.2) is 120 Å². The molecule has 0 bridgehead atoms. The highest BCUT2D eigenvalue weighted by Crippen LogP contribution is 2.42. The predicted octanol–water partition coefficient (Wildman–Crippen LogP) is 3.92. The Morgan fingerprint density at radius 3 is 2.85 bits per heavy atom. The van der Waals surface area contributed by atoms with E-state index in [9.17, 15) is 18.7 Å². The van der Waals surface area contributed by atoms with Gasteiger partial charge in [0.1, 0.15) is 59.6 Å². The number of phenols is 1. The zero-order valence-electron chi connectivity index (χ0n) is 27.8. The van der Waals surface area contributed by atoms with Gasteiger partial charge in [0, 0.05) is 36.7 Å². The van der Waals surface area contributed by atoms with Gasteiger partial charge in [0.25, 0.3) is 0 Å². The highest BCUT2D eigenvalue weighted by atomic mass is 19.1. The SMILES string of the molecule is C#Cc1c(F)ccc2cc(O)cc(-c3ncc4c(N5CCOC6(CN(C(=O)n7cncn7)C6)C5)nc(OC[C@@]56CCCN5C[C@H](F)C6)nc4c3F)c12. The zero-order chi connectivity index (χ0) is 35.8. The number of anilines is 1. The lowest BCUT2D eigenvalue weighted by atomic mass is 9.92. The van der Waals surface area contributed by atoms with E-state index >= 15 is 4.39 Å².